The molecular weight excluding hydrogens is 370 g/mol. The predicted octanol–water partition coefficient (Wildman–Crippen LogP) is 2.57. The number of hydrogen-bond acceptors (Lipinski definition) is 6. The average Bonchev–Trinajstić information content (AvgIpc) is 3.01. The summed E-state index contributed by atoms with van der Waals surface area (Å²) in [6.07, 6.45) is 0. The largest absolute Gasteiger partial charge is 0.497 e. The van der Waals surface area contributed by atoms with E-state index in [0.717, 1.165) is 16.0 Å². The highest BCUT2D eigenvalue weighted by Gasteiger charge is 2.14. The first-order valence-electron chi connectivity index (χ1n) is 8.09. The van der Waals surface area contributed by atoms with Crippen LogP contribution in [0.2, 0.25) is 5.02 Å². The van der Waals surface area contributed by atoms with Crippen LogP contribution in [0, 0.1) is 0 Å². The van der Waals surface area contributed by atoms with E-state index < -0.39 is 0 Å². The number of oxime groups is 1. The van der Waals surface area contributed by atoms with Gasteiger partial charge in [-0.1, -0.05) is 35.0 Å². The lowest BCUT2D eigenvalue weighted by atomic mass is 10.1. The van der Waals surface area contributed by atoms with Gasteiger partial charge in [-0.25, -0.2) is 4.79 Å². The van der Waals surface area contributed by atoms with Crippen LogP contribution in [-0.4, -0.2) is 32.6 Å². The summed E-state index contributed by atoms with van der Waals surface area (Å²) < 4.78 is 7.52. The molecule has 1 heterocycles. The summed E-state index contributed by atoms with van der Waals surface area (Å²) in [4.78, 5) is 17.6. The van der Waals surface area contributed by atoms with Crippen molar-refractivity contribution in [3.8, 4) is 11.4 Å². The Kier molecular flexibility index (Phi) is 5.56. The van der Waals surface area contributed by atoms with Gasteiger partial charge in [-0.15, -0.1) is 0 Å². The van der Waals surface area contributed by atoms with Gasteiger partial charge < -0.3 is 9.57 Å². The Hall–Kier alpha value is -3.13. The number of ether oxygens (including phenoxy) is 1. The molecule has 9 heteroatoms. The number of aryl methyl sites for hydroxylation is 1. The van der Waals surface area contributed by atoms with Crippen LogP contribution in [-0.2, 0) is 18.5 Å². The van der Waals surface area contributed by atoms with Gasteiger partial charge in [0, 0.05) is 23.2 Å². The first-order chi connectivity index (χ1) is 13.0. The van der Waals surface area contributed by atoms with Gasteiger partial charge in [-0.2, -0.15) is 9.36 Å². The Morgan fingerprint density at radius 2 is 2.00 bits per heavy atom. The van der Waals surface area contributed by atoms with Crippen LogP contribution < -0.4 is 10.4 Å². The van der Waals surface area contributed by atoms with Crippen LogP contribution in [0.4, 0.5) is 0 Å². The van der Waals surface area contributed by atoms with E-state index in [4.69, 9.17) is 21.2 Å². The molecule has 0 N–H and O–H groups in total. The smallest absolute Gasteiger partial charge is 0.368 e. The van der Waals surface area contributed by atoms with E-state index in [-0.39, 0.29) is 12.3 Å². The lowest BCUT2D eigenvalue weighted by molar-refractivity contribution is 0.130. The van der Waals surface area contributed by atoms with Crippen molar-refractivity contribution in [2.24, 2.45) is 12.2 Å². The van der Waals surface area contributed by atoms with Gasteiger partial charge in [-0.05, 0) is 41.6 Å². The van der Waals surface area contributed by atoms with E-state index in [1.165, 1.54) is 11.7 Å². The number of tetrazole rings is 1. The lowest BCUT2D eigenvalue weighted by Gasteiger charge is -2.10. The molecular formula is C18H18ClN5O3. The highest BCUT2D eigenvalue weighted by molar-refractivity contribution is 6.31. The summed E-state index contributed by atoms with van der Waals surface area (Å²) in [5.41, 5.74) is 2.26. The van der Waals surface area contributed by atoms with E-state index in [2.05, 4.69) is 15.6 Å². The topological polar surface area (TPSA) is 83.5 Å². The minimum atomic E-state index is -0.380. The minimum Gasteiger partial charge on any atom is -0.497 e. The van der Waals surface area contributed by atoms with Crippen LogP contribution in [0.5, 0.6) is 5.75 Å². The predicted molar refractivity (Wildman–Crippen MR) is 102 cm³/mol. The molecule has 3 rings (SSSR count). The molecule has 3 aromatic rings. The molecule has 0 spiro atoms. The molecule has 0 radical (unpaired) electrons. The van der Waals surface area contributed by atoms with Crippen molar-refractivity contribution in [2.45, 2.75) is 13.5 Å². The van der Waals surface area contributed by atoms with Crippen molar-refractivity contribution < 1.29 is 9.57 Å². The van der Waals surface area contributed by atoms with Crippen LogP contribution in [0.3, 0.4) is 0 Å². The summed E-state index contributed by atoms with van der Waals surface area (Å²) in [5.74, 6) is 0.734. The van der Waals surface area contributed by atoms with Gasteiger partial charge in [0.2, 0.25) is 0 Å². The van der Waals surface area contributed by atoms with Crippen LogP contribution in [0.1, 0.15) is 18.1 Å². The fourth-order valence-corrected chi connectivity index (χ4v) is 2.67. The summed E-state index contributed by atoms with van der Waals surface area (Å²) in [5, 5.41) is 12.2. The molecule has 8 nitrogen and oxygen atoms in total. The SMILES string of the molecule is COc1cccc(C(C)=NOCc2c(Cl)cccc2-n2nnn(C)c2=O)c1. The van der Waals surface area contributed by atoms with E-state index in [1.807, 2.05) is 31.2 Å². The van der Waals surface area contributed by atoms with Gasteiger partial charge in [0.1, 0.15) is 12.4 Å². The zero-order valence-corrected chi connectivity index (χ0v) is 15.8. The number of hydrogen-bond donors (Lipinski definition) is 0. The van der Waals surface area contributed by atoms with E-state index in [9.17, 15) is 4.79 Å². The molecule has 0 aliphatic carbocycles. The normalized spacial score (nSPS) is 11.5. The summed E-state index contributed by atoms with van der Waals surface area (Å²) in [6, 6.07) is 12.7. The maximum absolute atomic E-state index is 12.1. The number of rotatable bonds is 6. The second-order valence-corrected chi connectivity index (χ2v) is 6.12. The van der Waals surface area contributed by atoms with Crippen LogP contribution in [0.15, 0.2) is 52.4 Å². The molecule has 0 saturated heterocycles. The Morgan fingerprint density at radius 1 is 1.22 bits per heavy atom. The number of methoxy groups -OCH3 is 1. The van der Waals surface area contributed by atoms with Crippen LogP contribution in [0.25, 0.3) is 5.69 Å². The molecule has 0 saturated carbocycles. The van der Waals surface area contributed by atoms with Crippen molar-refractivity contribution in [2.75, 3.05) is 7.11 Å². The minimum absolute atomic E-state index is 0.0688. The highest BCUT2D eigenvalue weighted by atomic mass is 35.5. The van der Waals surface area contributed by atoms with Crippen LogP contribution >= 0.6 is 11.6 Å². The number of halogens is 1. The van der Waals surface area contributed by atoms with Crippen molar-refractivity contribution in [3.63, 3.8) is 0 Å². The Bertz CT molecular complexity index is 1040. The third-order valence-corrected chi connectivity index (χ3v) is 4.30. The first-order valence-corrected chi connectivity index (χ1v) is 8.47. The quantitative estimate of drug-likeness (QED) is 0.479. The van der Waals surface area contributed by atoms with Gasteiger partial charge in [0.25, 0.3) is 0 Å². The highest BCUT2D eigenvalue weighted by Crippen LogP contribution is 2.23. The second kappa shape index (κ2) is 8.05. The van der Waals surface area contributed by atoms with Gasteiger partial charge in [0.15, 0.2) is 0 Å². The molecule has 27 heavy (non-hydrogen) atoms. The molecule has 140 valence electrons. The Labute approximate surface area is 160 Å². The molecule has 0 aliphatic heterocycles. The maximum atomic E-state index is 12.1. The van der Waals surface area contributed by atoms with E-state index in [1.54, 1.807) is 25.3 Å². The molecule has 0 aliphatic rings. The average molecular weight is 388 g/mol. The fourth-order valence-electron chi connectivity index (χ4n) is 2.45. The Morgan fingerprint density at radius 3 is 2.70 bits per heavy atom. The molecule has 0 fully saturated rings. The maximum Gasteiger partial charge on any atom is 0.368 e. The third-order valence-electron chi connectivity index (χ3n) is 3.94. The van der Waals surface area contributed by atoms with Gasteiger partial charge in [0.05, 0.1) is 18.5 Å². The van der Waals surface area contributed by atoms with E-state index in [0.29, 0.717) is 22.0 Å². The van der Waals surface area contributed by atoms with Gasteiger partial charge >= 0.3 is 5.69 Å². The zero-order valence-electron chi connectivity index (χ0n) is 15.1. The van der Waals surface area contributed by atoms with Gasteiger partial charge in [-0.3, -0.25) is 0 Å². The Balaban J connectivity index is 1.84. The molecule has 1 aromatic heterocycles. The standard InChI is InChI=1S/C18H18ClN5O3/c1-12(13-6-4-7-14(10-13)26-3)20-27-11-15-16(19)8-5-9-17(15)24-18(25)23(2)21-22-24/h4-10H,11H2,1-3H3. The molecule has 0 bridgehead atoms. The van der Waals surface area contributed by atoms with E-state index >= 15 is 0 Å². The van der Waals surface area contributed by atoms with Crippen molar-refractivity contribution in [3.05, 3.63) is 69.1 Å². The second-order valence-electron chi connectivity index (χ2n) is 5.72. The van der Waals surface area contributed by atoms with Crippen molar-refractivity contribution in [1.82, 2.24) is 19.8 Å². The fraction of sp³-hybridized carbons (Fsp3) is 0.222. The monoisotopic (exact) mass is 387 g/mol. The molecule has 2 aromatic carbocycles. The summed E-state index contributed by atoms with van der Waals surface area (Å²) in [7, 11) is 3.13. The van der Waals surface area contributed by atoms with Crippen molar-refractivity contribution >= 4 is 17.3 Å². The molecule has 0 amide bonds. The molecule has 0 unspecified atom stereocenters. The molecule has 0 atom stereocenters. The zero-order chi connectivity index (χ0) is 19.4. The third kappa shape index (κ3) is 4.01. The summed E-state index contributed by atoms with van der Waals surface area (Å²) >= 11 is 6.29. The van der Waals surface area contributed by atoms with Crippen molar-refractivity contribution in [1.29, 1.82) is 0 Å². The number of nitrogens with zero attached hydrogens (tertiary/aromatic N) is 5. The lowest BCUT2D eigenvalue weighted by Crippen LogP contribution is -2.23. The number of benzene rings is 2. The summed E-state index contributed by atoms with van der Waals surface area (Å²) in [6.45, 7) is 1.90. The number of aromatic nitrogens is 4. The first kappa shape index (κ1) is 18.7.